The fourth-order valence-electron chi connectivity index (χ4n) is 2.02. The fraction of sp³-hybridized carbons (Fsp3) is 0.533. The summed E-state index contributed by atoms with van der Waals surface area (Å²) in [6.45, 7) is 1.06. The SMILES string of the molecule is COC(CC(F)(F)C(F)(F)C(F)(F)C(F)(F)F)c1ccc(OC(C)=O)cc1. The quantitative estimate of drug-likeness (QED) is 0.353. The van der Waals surface area contributed by atoms with E-state index in [1.54, 1.807) is 0 Å². The molecule has 0 saturated heterocycles. The smallest absolute Gasteiger partial charge is 0.427 e. The van der Waals surface area contributed by atoms with E-state index in [0.29, 0.717) is 0 Å². The highest BCUT2D eigenvalue weighted by molar-refractivity contribution is 5.69. The summed E-state index contributed by atoms with van der Waals surface area (Å²) in [5.74, 6) is -20.2. The summed E-state index contributed by atoms with van der Waals surface area (Å²) in [5.41, 5.74) is -0.237. The van der Waals surface area contributed by atoms with Crippen molar-refractivity contribution in [2.24, 2.45) is 0 Å². The van der Waals surface area contributed by atoms with Crippen molar-refractivity contribution in [2.45, 2.75) is 43.4 Å². The van der Waals surface area contributed by atoms with Crippen LogP contribution in [0.4, 0.5) is 39.5 Å². The van der Waals surface area contributed by atoms with Crippen LogP contribution in [0, 0.1) is 0 Å². The maximum atomic E-state index is 13.7. The van der Waals surface area contributed by atoms with Gasteiger partial charge < -0.3 is 9.47 Å². The number of ether oxygens (including phenoxy) is 2. The zero-order chi connectivity index (χ0) is 21.3. The van der Waals surface area contributed by atoms with Crippen LogP contribution in [0.2, 0.25) is 0 Å². The Hall–Kier alpha value is -1.98. The van der Waals surface area contributed by atoms with E-state index in [1.807, 2.05) is 0 Å². The number of methoxy groups -OCH3 is 1. The number of rotatable bonds is 7. The second-order valence-corrected chi connectivity index (χ2v) is 5.44. The predicted octanol–water partition coefficient (Wildman–Crippen LogP) is 5.16. The standard InChI is InChI=1S/C15H13F9O3/c1-8(25)27-10-5-3-9(4-6-10)11(26-2)7-12(16,17)13(18,19)14(20,21)15(22,23)24/h3-6,11H,7H2,1-2H3. The molecule has 0 amide bonds. The third-order valence-electron chi connectivity index (χ3n) is 3.45. The number of hydrogen-bond donors (Lipinski definition) is 0. The Bertz CT molecular complexity index is 653. The highest BCUT2D eigenvalue weighted by Crippen LogP contribution is 2.55. The molecule has 0 heterocycles. The Balaban J connectivity index is 3.12. The highest BCUT2D eigenvalue weighted by Gasteiger charge is 2.81. The van der Waals surface area contributed by atoms with E-state index in [1.165, 1.54) is 0 Å². The molecule has 0 aromatic heterocycles. The largest absolute Gasteiger partial charge is 0.460 e. The van der Waals surface area contributed by atoms with Crippen LogP contribution in [0.5, 0.6) is 5.75 Å². The van der Waals surface area contributed by atoms with Crippen molar-refractivity contribution in [1.29, 1.82) is 0 Å². The van der Waals surface area contributed by atoms with Crippen LogP contribution in [0.1, 0.15) is 25.0 Å². The summed E-state index contributed by atoms with van der Waals surface area (Å²) in [7, 11) is 0.779. The van der Waals surface area contributed by atoms with Crippen LogP contribution >= 0.6 is 0 Å². The summed E-state index contributed by atoms with van der Waals surface area (Å²) in [4.78, 5) is 10.8. The van der Waals surface area contributed by atoms with Crippen molar-refractivity contribution in [2.75, 3.05) is 7.11 Å². The van der Waals surface area contributed by atoms with Crippen LogP contribution in [-0.2, 0) is 9.53 Å². The van der Waals surface area contributed by atoms with E-state index in [-0.39, 0.29) is 11.3 Å². The third kappa shape index (κ3) is 4.66. The van der Waals surface area contributed by atoms with E-state index < -0.39 is 42.4 Å². The van der Waals surface area contributed by atoms with Gasteiger partial charge in [0.1, 0.15) is 5.75 Å². The van der Waals surface area contributed by atoms with E-state index in [4.69, 9.17) is 0 Å². The van der Waals surface area contributed by atoms with E-state index >= 15 is 0 Å². The van der Waals surface area contributed by atoms with Crippen molar-refractivity contribution in [3.63, 3.8) is 0 Å². The van der Waals surface area contributed by atoms with Gasteiger partial charge in [0, 0.05) is 20.5 Å². The van der Waals surface area contributed by atoms with Gasteiger partial charge in [-0.3, -0.25) is 4.79 Å². The van der Waals surface area contributed by atoms with Crippen LogP contribution in [0.3, 0.4) is 0 Å². The van der Waals surface area contributed by atoms with E-state index in [0.717, 1.165) is 38.3 Å². The Morgan fingerprint density at radius 1 is 0.926 bits per heavy atom. The minimum atomic E-state index is -6.96. The first-order chi connectivity index (χ1) is 12.1. The Labute approximate surface area is 147 Å². The summed E-state index contributed by atoms with van der Waals surface area (Å²) in [5, 5.41) is 0. The average Bonchev–Trinajstić information content (AvgIpc) is 2.51. The maximum Gasteiger partial charge on any atom is 0.460 e. The lowest BCUT2D eigenvalue weighted by atomic mass is 9.95. The summed E-state index contributed by atoms with van der Waals surface area (Å²) in [6.07, 6.45) is -11.0. The number of esters is 1. The van der Waals surface area contributed by atoms with Gasteiger partial charge in [0.15, 0.2) is 0 Å². The molecule has 1 atom stereocenters. The van der Waals surface area contributed by atoms with Gasteiger partial charge in [-0.2, -0.15) is 39.5 Å². The highest BCUT2D eigenvalue weighted by atomic mass is 19.4. The molecule has 0 N–H and O–H groups in total. The topological polar surface area (TPSA) is 35.5 Å². The molecule has 154 valence electrons. The van der Waals surface area contributed by atoms with Crippen LogP contribution in [-0.4, -0.2) is 37.0 Å². The molecule has 0 saturated carbocycles. The summed E-state index contributed by atoms with van der Waals surface area (Å²) in [6, 6.07) is 4.15. The third-order valence-corrected chi connectivity index (χ3v) is 3.45. The van der Waals surface area contributed by atoms with E-state index in [9.17, 15) is 44.3 Å². The van der Waals surface area contributed by atoms with Gasteiger partial charge in [-0.05, 0) is 17.7 Å². The first-order valence-electron chi connectivity index (χ1n) is 7.08. The first-order valence-corrected chi connectivity index (χ1v) is 7.08. The average molecular weight is 412 g/mol. The number of carbonyl (C=O) groups is 1. The van der Waals surface area contributed by atoms with Crippen molar-refractivity contribution in [3.8, 4) is 5.75 Å². The molecule has 0 aliphatic carbocycles. The van der Waals surface area contributed by atoms with Gasteiger partial charge in [0.2, 0.25) is 0 Å². The molecule has 1 aromatic rings. The second kappa shape index (κ2) is 7.56. The molecule has 0 aliphatic rings. The van der Waals surface area contributed by atoms with Gasteiger partial charge in [0.05, 0.1) is 6.10 Å². The molecule has 1 aromatic carbocycles. The van der Waals surface area contributed by atoms with Crippen molar-refractivity contribution in [1.82, 2.24) is 0 Å². The summed E-state index contributed by atoms with van der Waals surface area (Å²) >= 11 is 0. The van der Waals surface area contributed by atoms with Crippen molar-refractivity contribution < 1.29 is 53.8 Å². The zero-order valence-electron chi connectivity index (χ0n) is 13.7. The Kier molecular flexibility index (Phi) is 6.46. The maximum absolute atomic E-state index is 13.7. The van der Waals surface area contributed by atoms with Crippen molar-refractivity contribution in [3.05, 3.63) is 29.8 Å². The Morgan fingerprint density at radius 2 is 1.41 bits per heavy atom. The summed E-state index contributed by atoms with van der Waals surface area (Å²) < 4.78 is 125. The number of halogens is 9. The number of carbonyl (C=O) groups excluding carboxylic acids is 1. The lowest BCUT2D eigenvalue weighted by Crippen LogP contribution is -2.61. The molecule has 0 radical (unpaired) electrons. The number of hydrogen-bond acceptors (Lipinski definition) is 3. The molecule has 0 spiro atoms. The zero-order valence-corrected chi connectivity index (χ0v) is 13.7. The molecule has 3 nitrogen and oxygen atoms in total. The molecule has 1 rings (SSSR count). The minimum absolute atomic E-state index is 0.0400. The molecular weight excluding hydrogens is 399 g/mol. The van der Waals surface area contributed by atoms with E-state index in [2.05, 4.69) is 9.47 Å². The lowest BCUT2D eigenvalue weighted by molar-refractivity contribution is -0.398. The van der Waals surface area contributed by atoms with Gasteiger partial charge in [-0.15, -0.1) is 0 Å². The van der Waals surface area contributed by atoms with Gasteiger partial charge in [-0.25, -0.2) is 0 Å². The van der Waals surface area contributed by atoms with Crippen LogP contribution in [0.25, 0.3) is 0 Å². The second-order valence-electron chi connectivity index (χ2n) is 5.44. The molecule has 27 heavy (non-hydrogen) atoms. The van der Waals surface area contributed by atoms with Crippen molar-refractivity contribution >= 4 is 5.97 Å². The van der Waals surface area contributed by atoms with Crippen LogP contribution in [0.15, 0.2) is 24.3 Å². The molecule has 0 aliphatic heterocycles. The fourth-order valence-corrected chi connectivity index (χ4v) is 2.02. The number of benzene rings is 1. The van der Waals surface area contributed by atoms with Gasteiger partial charge in [-0.1, -0.05) is 12.1 Å². The predicted molar refractivity (Wildman–Crippen MR) is 73.0 cm³/mol. The van der Waals surface area contributed by atoms with Crippen LogP contribution < -0.4 is 4.74 Å². The lowest BCUT2D eigenvalue weighted by Gasteiger charge is -2.35. The van der Waals surface area contributed by atoms with Gasteiger partial charge in [0.25, 0.3) is 0 Å². The monoisotopic (exact) mass is 412 g/mol. The molecule has 1 unspecified atom stereocenters. The molecule has 0 bridgehead atoms. The Morgan fingerprint density at radius 3 is 1.78 bits per heavy atom. The normalized spacial score (nSPS) is 14.8. The number of alkyl halides is 9. The molecular formula is C15H13F9O3. The van der Waals surface area contributed by atoms with Gasteiger partial charge >= 0.3 is 29.9 Å². The molecule has 0 fully saturated rings. The minimum Gasteiger partial charge on any atom is -0.427 e. The molecule has 12 heteroatoms. The first kappa shape index (κ1) is 23.1.